The van der Waals surface area contributed by atoms with Crippen LogP contribution in [0.5, 0.6) is 0 Å². The second-order valence-corrected chi connectivity index (χ2v) is 11.9. The number of carbonyl (C=O) groups is 3. The first-order chi connectivity index (χ1) is 20.9. The molecule has 9 nitrogen and oxygen atoms in total. The predicted octanol–water partition coefficient (Wildman–Crippen LogP) is 4.15. The van der Waals surface area contributed by atoms with Gasteiger partial charge in [0.05, 0.1) is 11.6 Å². The van der Waals surface area contributed by atoms with Crippen LogP contribution in [-0.4, -0.2) is 51.2 Å². The van der Waals surface area contributed by atoms with Crippen molar-refractivity contribution in [3.63, 3.8) is 0 Å². The highest BCUT2D eigenvalue weighted by Gasteiger charge is 2.49. The van der Waals surface area contributed by atoms with Crippen LogP contribution < -0.4 is 15.1 Å². The number of nitriles is 1. The number of hydrogen-bond acceptors (Lipinski definition) is 6. The highest BCUT2D eigenvalue weighted by atomic mass is 32.2. The van der Waals surface area contributed by atoms with Gasteiger partial charge in [0, 0.05) is 64.7 Å². The first-order valence-corrected chi connectivity index (χ1v) is 15.0. The van der Waals surface area contributed by atoms with Gasteiger partial charge in [-0.2, -0.15) is 5.26 Å². The SMILES string of the molecule is CS(=O)c1cc(F)cc(N(C(=O)C2CCC(=O)N2c2cc(C#N)ccn2)C(C(=O)NC2CC(F)(F)C2)c2ccccc2F)c1. The van der Waals surface area contributed by atoms with Crippen molar-refractivity contribution in [1.29, 1.82) is 5.26 Å². The van der Waals surface area contributed by atoms with Gasteiger partial charge < -0.3 is 5.32 Å². The van der Waals surface area contributed by atoms with Crippen LogP contribution in [0.2, 0.25) is 0 Å². The molecule has 0 spiro atoms. The van der Waals surface area contributed by atoms with Crippen LogP contribution in [0.15, 0.2) is 65.7 Å². The number of amides is 3. The first-order valence-electron chi connectivity index (χ1n) is 13.5. The number of rotatable bonds is 8. The quantitative estimate of drug-likeness (QED) is 0.375. The fourth-order valence-corrected chi connectivity index (χ4v) is 5.94. The minimum absolute atomic E-state index is 0.0250. The molecule has 1 saturated heterocycles. The van der Waals surface area contributed by atoms with Gasteiger partial charge in [-0.05, 0) is 42.8 Å². The number of nitrogens with one attached hydrogen (secondary N) is 1. The largest absolute Gasteiger partial charge is 0.351 e. The van der Waals surface area contributed by atoms with E-state index in [0.29, 0.717) is 0 Å². The Morgan fingerprint density at radius 3 is 2.55 bits per heavy atom. The zero-order valence-electron chi connectivity index (χ0n) is 23.2. The second kappa shape index (κ2) is 12.2. The summed E-state index contributed by atoms with van der Waals surface area (Å²) >= 11 is 0. The number of benzene rings is 2. The standard InChI is InChI=1S/C30H25F4N5O4S/c1-44(43)21-12-18(31)11-20(13-21)38(29(42)24-6-7-26(40)39(24)25-10-17(16-35)8-9-36-25)27(22-4-2-3-5-23(22)32)28(41)37-19-14-30(33,34)15-19/h2-5,8-13,19,24,27H,6-7,14-15H2,1H3,(H,37,41). The summed E-state index contributed by atoms with van der Waals surface area (Å²) in [5.41, 5.74) is -0.451. The third-order valence-electron chi connectivity index (χ3n) is 7.46. The number of anilines is 2. The number of alkyl halides is 2. The third kappa shape index (κ3) is 6.19. The van der Waals surface area contributed by atoms with Crippen molar-refractivity contribution >= 4 is 40.0 Å². The molecule has 0 bridgehead atoms. The smallest absolute Gasteiger partial charge is 0.252 e. The maximum atomic E-state index is 15.4. The number of nitrogens with zero attached hydrogens (tertiary/aromatic N) is 4. The highest BCUT2D eigenvalue weighted by molar-refractivity contribution is 7.84. The van der Waals surface area contributed by atoms with Crippen LogP contribution in [0.25, 0.3) is 0 Å². The maximum Gasteiger partial charge on any atom is 0.252 e. The molecule has 0 radical (unpaired) electrons. The molecule has 1 saturated carbocycles. The van der Waals surface area contributed by atoms with Gasteiger partial charge in [-0.3, -0.25) is 28.4 Å². The molecular formula is C30H25F4N5O4S. The van der Waals surface area contributed by atoms with Crippen molar-refractivity contribution in [2.24, 2.45) is 0 Å². The van der Waals surface area contributed by atoms with Gasteiger partial charge in [0.15, 0.2) is 0 Å². The minimum Gasteiger partial charge on any atom is -0.351 e. The minimum atomic E-state index is -3.00. The van der Waals surface area contributed by atoms with E-state index in [0.717, 1.165) is 28.0 Å². The average molecular weight is 628 g/mol. The lowest BCUT2D eigenvalue weighted by molar-refractivity contribution is -0.133. The number of aromatic nitrogens is 1. The van der Waals surface area contributed by atoms with Crippen molar-refractivity contribution in [2.45, 2.75) is 54.6 Å². The molecule has 5 rings (SSSR count). The molecule has 228 valence electrons. The molecule has 1 aromatic heterocycles. The summed E-state index contributed by atoms with van der Waals surface area (Å²) in [7, 11) is -1.75. The Hall–Kier alpha value is -4.64. The van der Waals surface area contributed by atoms with Crippen molar-refractivity contribution in [3.8, 4) is 6.07 Å². The first kappa shape index (κ1) is 30.8. The number of carbonyl (C=O) groups excluding carboxylic acids is 3. The van der Waals surface area contributed by atoms with E-state index in [4.69, 9.17) is 0 Å². The predicted molar refractivity (Wildman–Crippen MR) is 151 cm³/mol. The van der Waals surface area contributed by atoms with E-state index in [1.54, 1.807) is 0 Å². The summed E-state index contributed by atoms with van der Waals surface area (Å²) in [6.45, 7) is 0. The Balaban J connectivity index is 1.66. The Kier molecular flexibility index (Phi) is 8.51. The number of hydrogen-bond donors (Lipinski definition) is 1. The monoisotopic (exact) mass is 627 g/mol. The lowest BCUT2D eigenvalue weighted by atomic mass is 9.87. The van der Waals surface area contributed by atoms with Crippen LogP contribution in [0.1, 0.15) is 42.9 Å². The van der Waals surface area contributed by atoms with Crippen LogP contribution in [0.3, 0.4) is 0 Å². The van der Waals surface area contributed by atoms with Gasteiger partial charge in [0.25, 0.3) is 11.8 Å². The van der Waals surface area contributed by atoms with Crippen LogP contribution in [0.4, 0.5) is 29.1 Å². The lowest BCUT2D eigenvalue weighted by Gasteiger charge is -2.39. The Bertz CT molecular complexity index is 1710. The summed E-state index contributed by atoms with van der Waals surface area (Å²) in [6, 6.07) is 8.53. The summed E-state index contributed by atoms with van der Waals surface area (Å²) in [4.78, 5) is 47.4. The van der Waals surface area contributed by atoms with E-state index in [9.17, 15) is 37.0 Å². The Morgan fingerprint density at radius 2 is 1.89 bits per heavy atom. The topological polar surface area (TPSA) is 123 Å². The normalized spacial score (nSPS) is 19.0. The molecule has 3 aromatic rings. The van der Waals surface area contributed by atoms with Crippen molar-refractivity contribution in [3.05, 3.63) is 83.6 Å². The van der Waals surface area contributed by atoms with E-state index in [-0.39, 0.29) is 40.4 Å². The maximum absolute atomic E-state index is 15.4. The zero-order chi connectivity index (χ0) is 31.8. The average Bonchev–Trinajstić information content (AvgIpc) is 3.36. The molecule has 3 atom stereocenters. The van der Waals surface area contributed by atoms with Crippen molar-refractivity contribution < 1.29 is 36.2 Å². The Morgan fingerprint density at radius 1 is 1.16 bits per heavy atom. The molecule has 2 heterocycles. The highest BCUT2D eigenvalue weighted by Crippen LogP contribution is 2.39. The van der Waals surface area contributed by atoms with Gasteiger partial charge in [0.1, 0.15) is 29.5 Å². The van der Waals surface area contributed by atoms with Crippen molar-refractivity contribution in [1.82, 2.24) is 10.3 Å². The number of halogens is 4. The van der Waals surface area contributed by atoms with Gasteiger partial charge in [-0.15, -0.1) is 0 Å². The van der Waals surface area contributed by atoms with E-state index < -0.39 is 77.0 Å². The summed E-state index contributed by atoms with van der Waals surface area (Å²) in [6.07, 6.45) is 1.02. The van der Waals surface area contributed by atoms with Crippen molar-refractivity contribution in [2.75, 3.05) is 16.1 Å². The molecule has 14 heteroatoms. The molecule has 3 amide bonds. The molecule has 2 aromatic carbocycles. The molecule has 2 aliphatic rings. The second-order valence-electron chi connectivity index (χ2n) is 10.5. The fourth-order valence-electron chi connectivity index (χ4n) is 5.38. The molecule has 1 aliphatic heterocycles. The van der Waals surface area contributed by atoms with Crippen LogP contribution >= 0.6 is 0 Å². The van der Waals surface area contributed by atoms with Gasteiger partial charge in [0.2, 0.25) is 11.8 Å². The van der Waals surface area contributed by atoms with E-state index in [1.165, 1.54) is 48.9 Å². The third-order valence-corrected chi connectivity index (χ3v) is 8.36. The Labute approximate surface area is 251 Å². The number of pyridine rings is 1. The molecular weight excluding hydrogens is 602 g/mol. The van der Waals surface area contributed by atoms with E-state index >= 15 is 4.39 Å². The molecule has 2 fully saturated rings. The van der Waals surface area contributed by atoms with Gasteiger partial charge in [-0.1, -0.05) is 18.2 Å². The fraction of sp³-hybridized carbons (Fsp3) is 0.300. The summed E-state index contributed by atoms with van der Waals surface area (Å²) in [5.74, 6) is -7.35. The van der Waals surface area contributed by atoms with Gasteiger partial charge >= 0.3 is 0 Å². The van der Waals surface area contributed by atoms with Crippen LogP contribution in [0, 0.1) is 23.0 Å². The molecule has 1 aliphatic carbocycles. The lowest BCUT2D eigenvalue weighted by Crippen LogP contribution is -2.56. The zero-order valence-corrected chi connectivity index (χ0v) is 24.0. The van der Waals surface area contributed by atoms with Gasteiger partial charge in [-0.25, -0.2) is 22.5 Å². The summed E-state index contributed by atoms with van der Waals surface area (Å²) in [5, 5.41) is 11.8. The van der Waals surface area contributed by atoms with E-state index in [2.05, 4.69) is 10.3 Å². The molecule has 1 N–H and O–H groups in total. The molecule has 44 heavy (non-hydrogen) atoms. The summed E-state index contributed by atoms with van der Waals surface area (Å²) < 4.78 is 70.0. The van der Waals surface area contributed by atoms with E-state index in [1.807, 2.05) is 6.07 Å². The van der Waals surface area contributed by atoms with Crippen LogP contribution in [-0.2, 0) is 25.2 Å². The molecule has 3 unspecified atom stereocenters.